The molecule has 0 radical (unpaired) electrons. The average Bonchev–Trinajstić information content (AvgIpc) is 2.82. The van der Waals surface area contributed by atoms with Gasteiger partial charge in [0.1, 0.15) is 5.75 Å². The number of hydrogen-bond donors (Lipinski definition) is 1. The number of benzene rings is 2. The van der Waals surface area contributed by atoms with Gasteiger partial charge in [-0.05, 0) is 30.7 Å². The molecule has 0 spiro atoms. The van der Waals surface area contributed by atoms with Gasteiger partial charge in [-0.3, -0.25) is 0 Å². The van der Waals surface area contributed by atoms with Crippen molar-refractivity contribution in [3.05, 3.63) is 54.1 Å². The molecule has 1 heterocycles. The molecule has 2 heteroatoms. The van der Waals surface area contributed by atoms with Gasteiger partial charge >= 0.3 is 0 Å². The fourth-order valence-corrected chi connectivity index (χ4v) is 2.12. The summed E-state index contributed by atoms with van der Waals surface area (Å²) >= 11 is 0. The normalized spacial score (nSPS) is 10.8. The molecule has 3 rings (SSSR count). The second-order valence-corrected chi connectivity index (χ2v) is 4.50. The molecule has 18 heavy (non-hydrogen) atoms. The Balaban J connectivity index is 2.10. The minimum atomic E-state index is 0.875. The van der Waals surface area contributed by atoms with Crippen LogP contribution in [-0.2, 0) is 0 Å². The predicted octanol–water partition coefficient (Wildman–Crippen LogP) is 4.15. The van der Waals surface area contributed by atoms with Gasteiger partial charge in [-0.1, -0.05) is 29.8 Å². The van der Waals surface area contributed by atoms with Crippen molar-refractivity contribution in [1.29, 1.82) is 0 Å². The molecule has 0 fully saturated rings. The van der Waals surface area contributed by atoms with E-state index in [2.05, 4.69) is 48.3 Å². The summed E-state index contributed by atoms with van der Waals surface area (Å²) in [5.41, 5.74) is 4.72. The predicted molar refractivity (Wildman–Crippen MR) is 75.0 cm³/mol. The Kier molecular flexibility index (Phi) is 2.56. The molecule has 0 unspecified atom stereocenters. The van der Waals surface area contributed by atoms with Gasteiger partial charge in [-0.15, -0.1) is 0 Å². The first-order valence-corrected chi connectivity index (χ1v) is 6.00. The van der Waals surface area contributed by atoms with Crippen LogP contribution in [0.1, 0.15) is 5.56 Å². The quantitative estimate of drug-likeness (QED) is 0.711. The Morgan fingerprint density at radius 3 is 2.44 bits per heavy atom. The van der Waals surface area contributed by atoms with Crippen LogP contribution in [0.3, 0.4) is 0 Å². The fraction of sp³-hybridized carbons (Fsp3) is 0.125. The Hall–Kier alpha value is -2.22. The molecule has 0 amide bonds. The van der Waals surface area contributed by atoms with E-state index in [0.717, 1.165) is 17.0 Å². The van der Waals surface area contributed by atoms with Crippen LogP contribution in [-0.4, -0.2) is 12.1 Å². The summed E-state index contributed by atoms with van der Waals surface area (Å²) in [5.74, 6) is 0.875. The first-order valence-electron chi connectivity index (χ1n) is 6.00. The molecule has 2 nitrogen and oxygen atoms in total. The number of rotatable bonds is 2. The van der Waals surface area contributed by atoms with Crippen molar-refractivity contribution in [2.24, 2.45) is 0 Å². The molecule has 0 aliphatic rings. The van der Waals surface area contributed by atoms with Crippen LogP contribution in [0, 0.1) is 6.92 Å². The lowest BCUT2D eigenvalue weighted by Crippen LogP contribution is -1.81. The van der Waals surface area contributed by atoms with Gasteiger partial charge in [-0.25, -0.2) is 0 Å². The van der Waals surface area contributed by atoms with E-state index in [0.29, 0.717) is 0 Å². The summed E-state index contributed by atoms with van der Waals surface area (Å²) in [5, 5.41) is 1.20. The van der Waals surface area contributed by atoms with E-state index in [-0.39, 0.29) is 0 Å². The Bertz CT molecular complexity index is 680. The van der Waals surface area contributed by atoms with Crippen LogP contribution in [0.2, 0.25) is 0 Å². The molecule has 0 saturated heterocycles. The SMILES string of the molecule is COc1ccc2cc(-c3ccc(C)cc3)[nH]c2c1. The van der Waals surface area contributed by atoms with E-state index in [1.165, 1.54) is 16.5 Å². The number of aromatic nitrogens is 1. The third-order valence-electron chi connectivity index (χ3n) is 3.19. The van der Waals surface area contributed by atoms with Gasteiger partial charge in [0.05, 0.1) is 7.11 Å². The van der Waals surface area contributed by atoms with Crippen LogP contribution < -0.4 is 4.74 Å². The lowest BCUT2D eigenvalue weighted by molar-refractivity contribution is 0.415. The summed E-state index contributed by atoms with van der Waals surface area (Å²) in [6.07, 6.45) is 0. The first-order chi connectivity index (χ1) is 8.76. The highest BCUT2D eigenvalue weighted by Gasteiger charge is 2.04. The van der Waals surface area contributed by atoms with Gasteiger partial charge in [-0.2, -0.15) is 0 Å². The van der Waals surface area contributed by atoms with Gasteiger partial charge < -0.3 is 9.72 Å². The zero-order valence-electron chi connectivity index (χ0n) is 10.5. The zero-order valence-corrected chi connectivity index (χ0v) is 10.5. The molecule has 0 aliphatic heterocycles. The summed E-state index contributed by atoms with van der Waals surface area (Å²) in [4.78, 5) is 3.43. The number of aryl methyl sites for hydroxylation is 1. The molecular weight excluding hydrogens is 222 g/mol. The lowest BCUT2D eigenvalue weighted by atomic mass is 10.1. The van der Waals surface area contributed by atoms with Crippen LogP contribution in [0.4, 0.5) is 0 Å². The minimum absolute atomic E-state index is 0.875. The van der Waals surface area contributed by atoms with Crippen molar-refractivity contribution in [2.75, 3.05) is 7.11 Å². The van der Waals surface area contributed by atoms with Crippen molar-refractivity contribution in [3.8, 4) is 17.0 Å². The molecule has 1 aromatic heterocycles. The topological polar surface area (TPSA) is 25.0 Å². The molecule has 0 aliphatic carbocycles. The maximum absolute atomic E-state index is 5.23. The number of aromatic amines is 1. The van der Waals surface area contributed by atoms with Crippen molar-refractivity contribution < 1.29 is 4.74 Å². The molecule has 0 saturated carbocycles. The van der Waals surface area contributed by atoms with E-state index < -0.39 is 0 Å². The Morgan fingerprint density at radius 1 is 0.944 bits per heavy atom. The standard InChI is InChI=1S/C16H15NO/c1-11-3-5-12(6-4-11)15-9-13-7-8-14(18-2)10-16(13)17-15/h3-10,17H,1-2H3. The monoisotopic (exact) mass is 237 g/mol. The number of methoxy groups -OCH3 is 1. The Morgan fingerprint density at radius 2 is 1.72 bits per heavy atom. The summed E-state index contributed by atoms with van der Waals surface area (Å²) in [7, 11) is 1.69. The van der Waals surface area contributed by atoms with E-state index in [1.807, 2.05) is 12.1 Å². The summed E-state index contributed by atoms with van der Waals surface area (Å²) in [6, 6.07) is 16.8. The van der Waals surface area contributed by atoms with Crippen LogP contribution in [0.5, 0.6) is 5.75 Å². The highest BCUT2D eigenvalue weighted by Crippen LogP contribution is 2.26. The van der Waals surface area contributed by atoms with E-state index in [4.69, 9.17) is 4.74 Å². The average molecular weight is 237 g/mol. The second-order valence-electron chi connectivity index (χ2n) is 4.50. The van der Waals surface area contributed by atoms with Gasteiger partial charge in [0.15, 0.2) is 0 Å². The van der Waals surface area contributed by atoms with Crippen molar-refractivity contribution >= 4 is 10.9 Å². The van der Waals surface area contributed by atoms with Crippen molar-refractivity contribution in [1.82, 2.24) is 4.98 Å². The highest BCUT2D eigenvalue weighted by molar-refractivity contribution is 5.86. The van der Waals surface area contributed by atoms with Crippen LogP contribution in [0.15, 0.2) is 48.5 Å². The molecule has 2 aromatic carbocycles. The van der Waals surface area contributed by atoms with Crippen molar-refractivity contribution in [3.63, 3.8) is 0 Å². The molecule has 3 aromatic rings. The highest BCUT2D eigenvalue weighted by atomic mass is 16.5. The maximum atomic E-state index is 5.23. The van der Waals surface area contributed by atoms with E-state index in [9.17, 15) is 0 Å². The number of H-pyrrole nitrogens is 1. The molecule has 0 bridgehead atoms. The minimum Gasteiger partial charge on any atom is -0.497 e. The lowest BCUT2D eigenvalue weighted by Gasteiger charge is -1.98. The number of ether oxygens (including phenoxy) is 1. The summed E-state index contributed by atoms with van der Waals surface area (Å²) < 4.78 is 5.23. The fourth-order valence-electron chi connectivity index (χ4n) is 2.12. The zero-order chi connectivity index (χ0) is 12.5. The summed E-state index contributed by atoms with van der Waals surface area (Å²) in [6.45, 7) is 2.10. The van der Waals surface area contributed by atoms with E-state index >= 15 is 0 Å². The van der Waals surface area contributed by atoms with Gasteiger partial charge in [0, 0.05) is 22.7 Å². The number of fused-ring (bicyclic) bond motifs is 1. The molecule has 0 atom stereocenters. The third-order valence-corrected chi connectivity index (χ3v) is 3.19. The molecular formula is C16H15NO. The smallest absolute Gasteiger partial charge is 0.120 e. The second kappa shape index (κ2) is 4.22. The van der Waals surface area contributed by atoms with Gasteiger partial charge in [0.2, 0.25) is 0 Å². The van der Waals surface area contributed by atoms with E-state index in [1.54, 1.807) is 7.11 Å². The third kappa shape index (κ3) is 1.86. The Labute approximate surface area is 106 Å². The maximum Gasteiger partial charge on any atom is 0.120 e. The van der Waals surface area contributed by atoms with Crippen LogP contribution in [0.25, 0.3) is 22.2 Å². The first kappa shape index (κ1) is 10.9. The number of nitrogens with one attached hydrogen (secondary N) is 1. The number of hydrogen-bond acceptors (Lipinski definition) is 1. The molecule has 1 N–H and O–H groups in total. The molecule has 90 valence electrons. The van der Waals surface area contributed by atoms with Gasteiger partial charge in [0.25, 0.3) is 0 Å². The van der Waals surface area contributed by atoms with Crippen molar-refractivity contribution in [2.45, 2.75) is 6.92 Å². The van der Waals surface area contributed by atoms with Crippen LogP contribution >= 0.6 is 0 Å². The largest absolute Gasteiger partial charge is 0.497 e.